The molecule has 0 saturated heterocycles. The van der Waals surface area contributed by atoms with Crippen LogP contribution in [0.15, 0.2) is 66.7 Å². The highest BCUT2D eigenvalue weighted by Gasteiger charge is 2.16. The van der Waals surface area contributed by atoms with E-state index in [1.807, 2.05) is 19.1 Å². The van der Waals surface area contributed by atoms with E-state index in [1.165, 1.54) is 0 Å². The van der Waals surface area contributed by atoms with E-state index in [4.69, 9.17) is 21.4 Å². The van der Waals surface area contributed by atoms with Crippen molar-refractivity contribution >= 4 is 52.5 Å². The molecule has 0 aliphatic heterocycles. The minimum Gasteiger partial charge on any atom is -0.481 e. The number of aryl methyl sites for hydroxylation is 1. The Kier molecular flexibility index (Phi) is 9.01. The van der Waals surface area contributed by atoms with Gasteiger partial charge in [0.1, 0.15) is 0 Å². The average molecular weight is 511 g/mol. The van der Waals surface area contributed by atoms with Gasteiger partial charge in [-0.2, -0.15) is 0 Å². The van der Waals surface area contributed by atoms with Gasteiger partial charge >= 0.3 is 18.0 Å². The fourth-order valence-electron chi connectivity index (χ4n) is 3.18. The van der Waals surface area contributed by atoms with Gasteiger partial charge in [-0.3, -0.25) is 19.7 Å². The molecule has 186 valence electrons. The second-order valence-electron chi connectivity index (χ2n) is 7.59. The maximum Gasteiger partial charge on any atom is 0.414 e. The lowest BCUT2D eigenvalue weighted by atomic mass is 9.99. The predicted molar refractivity (Wildman–Crippen MR) is 134 cm³/mol. The number of carbonyl (C=O) groups is 4. The molecule has 3 aromatic rings. The summed E-state index contributed by atoms with van der Waals surface area (Å²) in [5, 5.41) is 14.5. The van der Waals surface area contributed by atoms with Gasteiger partial charge < -0.3 is 19.9 Å². The lowest BCUT2D eigenvalue weighted by Gasteiger charge is -2.14. The molecule has 0 aromatic heterocycles. The summed E-state index contributed by atoms with van der Waals surface area (Å²) >= 11 is 6.41. The number of benzene rings is 3. The second-order valence-corrected chi connectivity index (χ2v) is 8.00. The summed E-state index contributed by atoms with van der Waals surface area (Å²) in [7, 11) is 0. The lowest BCUT2D eigenvalue weighted by molar-refractivity contribution is -0.154. The van der Waals surface area contributed by atoms with Crippen LogP contribution in [0.4, 0.5) is 21.9 Å². The number of nitrogens with one attached hydrogen (secondary N) is 2. The maximum atomic E-state index is 12.9. The number of rotatable bonds is 10. The van der Waals surface area contributed by atoms with Crippen molar-refractivity contribution in [2.45, 2.75) is 19.8 Å². The third-order valence-corrected chi connectivity index (χ3v) is 5.31. The molecule has 0 aliphatic carbocycles. The molecule has 0 fully saturated rings. The molecule has 36 heavy (non-hydrogen) atoms. The van der Waals surface area contributed by atoms with Crippen molar-refractivity contribution < 1.29 is 33.8 Å². The van der Waals surface area contributed by atoms with E-state index in [0.29, 0.717) is 28.2 Å². The minimum atomic E-state index is -1.14. The van der Waals surface area contributed by atoms with Gasteiger partial charge in [0.05, 0.1) is 29.2 Å². The number of amides is 1. The molecule has 9 nitrogen and oxygen atoms in total. The van der Waals surface area contributed by atoms with Crippen LogP contribution in [-0.2, 0) is 19.1 Å². The summed E-state index contributed by atoms with van der Waals surface area (Å²) in [6.45, 7) is 1.20. The van der Waals surface area contributed by atoms with Gasteiger partial charge in [-0.25, -0.2) is 4.79 Å². The molecule has 3 N–H and O–H groups in total. The fourth-order valence-corrected chi connectivity index (χ4v) is 3.45. The molecule has 0 bridgehead atoms. The highest BCUT2D eigenvalue weighted by molar-refractivity contribution is 6.35. The molecule has 3 aromatic carbocycles. The van der Waals surface area contributed by atoms with Crippen molar-refractivity contribution in [3.63, 3.8) is 0 Å². The Morgan fingerprint density at radius 1 is 0.861 bits per heavy atom. The van der Waals surface area contributed by atoms with Gasteiger partial charge in [-0.05, 0) is 42.8 Å². The van der Waals surface area contributed by atoms with Crippen LogP contribution >= 0.6 is 11.6 Å². The molecule has 1 amide bonds. The lowest BCUT2D eigenvalue weighted by Crippen LogP contribution is -2.18. The number of ether oxygens (including phenoxy) is 2. The first-order chi connectivity index (χ1) is 17.2. The van der Waals surface area contributed by atoms with Crippen molar-refractivity contribution in [3.05, 3.63) is 88.4 Å². The van der Waals surface area contributed by atoms with Gasteiger partial charge in [-0.15, -0.1) is 0 Å². The zero-order chi connectivity index (χ0) is 26.1. The van der Waals surface area contributed by atoms with Crippen LogP contribution in [0.2, 0.25) is 5.02 Å². The van der Waals surface area contributed by atoms with Gasteiger partial charge in [-0.1, -0.05) is 48.0 Å². The molecule has 3 rings (SSSR count). The molecule has 0 atom stereocenters. The summed E-state index contributed by atoms with van der Waals surface area (Å²) in [5.74, 6) is -2.12. The monoisotopic (exact) mass is 510 g/mol. The van der Waals surface area contributed by atoms with Gasteiger partial charge in [0.25, 0.3) is 0 Å². The minimum absolute atomic E-state index is 0.182. The summed E-state index contributed by atoms with van der Waals surface area (Å²) in [4.78, 5) is 46.9. The van der Waals surface area contributed by atoms with Crippen LogP contribution in [0.25, 0.3) is 0 Å². The van der Waals surface area contributed by atoms with Crippen molar-refractivity contribution in [2.75, 3.05) is 17.4 Å². The van der Waals surface area contributed by atoms with E-state index >= 15 is 0 Å². The van der Waals surface area contributed by atoms with Crippen LogP contribution in [0.5, 0.6) is 0 Å². The molecule has 0 saturated carbocycles. The molecule has 10 heteroatoms. The number of halogens is 1. The molecular weight excluding hydrogens is 488 g/mol. The van der Waals surface area contributed by atoms with E-state index in [0.717, 1.165) is 5.56 Å². The Labute approximate surface area is 212 Å². The largest absolute Gasteiger partial charge is 0.481 e. The van der Waals surface area contributed by atoms with Crippen LogP contribution in [0, 0.1) is 6.92 Å². The zero-order valence-electron chi connectivity index (χ0n) is 19.2. The van der Waals surface area contributed by atoms with Crippen molar-refractivity contribution in [3.8, 4) is 0 Å². The SMILES string of the molecule is Cc1ccccc1C(=O)c1ccc(Nc2ccccc2NC(=O)OCOC(=O)CCC(=O)O)cc1Cl. The van der Waals surface area contributed by atoms with Crippen molar-refractivity contribution in [1.29, 1.82) is 0 Å². The van der Waals surface area contributed by atoms with E-state index in [9.17, 15) is 19.2 Å². The Morgan fingerprint density at radius 3 is 2.25 bits per heavy atom. The van der Waals surface area contributed by atoms with Crippen LogP contribution in [-0.4, -0.2) is 35.7 Å². The standard InChI is InChI=1S/C26H23ClN2O7/c1-16-6-2-3-7-18(16)25(33)19-11-10-17(14-20(19)27)28-21-8-4-5-9-22(21)29-26(34)36-15-35-24(32)13-12-23(30)31/h2-11,14,28H,12-13,15H2,1H3,(H,29,34)(H,30,31). The number of aliphatic carboxylic acids is 1. The van der Waals surface area contributed by atoms with E-state index in [2.05, 4.69) is 15.4 Å². The number of ketones is 1. The smallest absolute Gasteiger partial charge is 0.414 e. The highest BCUT2D eigenvalue weighted by Crippen LogP contribution is 2.29. The Hall–Kier alpha value is -4.37. The third kappa shape index (κ3) is 7.31. The molecule has 0 radical (unpaired) electrons. The number of anilines is 3. The van der Waals surface area contributed by atoms with Gasteiger partial charge in [0.15, 0.2) is 5.78 Å². The first-order valence-electron chi connectivity index (χ1n) is 10.8. The summed E-state index contributed by atoms with van der Waals surface area (Å²) in [5.41, 5.74) is 3.25. The maximum absolute atomic E-state index is 12.9. The fraction of sp³-hybridized carbons (Fsp3) is 0.154. The van der Waals surface area contributed by atoms with E-state index in [-0.39, 0.29) is 23.6 Å². The van der Waals surface area contributed by atoms with Crippen LogP contribution in [0.1, 0.15) is 34.3 Å². The quantitative estimate of drug-likeness (QED) is 0.184. The number of carbonyl (C=O) groups excluding carboxylic acids is 3. The normalized spacial score (nSPS) is 10.3. The molecule has 0 spiro atoms. The van der Waals surface area contributed by atoms with Crippen molar-refractivity contribution in [2.24, 2.45) is 0 Å². The number of hydrogen-bond donors (Lipinski definition) is 3. The first kappa shape index (κ1) is 26.2. The third-order valence-electron chi connectivity index (χ3n) is 5.00. The van der Waals surface area contributed by atoms with Crippen LogP contribution < -0.4 is 10.6 Å². The average Bonchev–Trinajstić information content (AvgIpc) is 2.84. The molecular formula is C26H23ClN2O7. The number of hydrogen-bond acceptors (Lipinski definition) is 7. The zero-order valence-corrected chi connectivity index (χ0v) is 20.0. The van der Waals surface area contributed by atoms with Gasteiger partial charge in [0.2, 0.25) is 6.79 Å². The van der Waals surface area contributed by atoms with E-state index in [1.54, 1.807) is 54.6 Å². The summed E-state index contributed by atoms with van der Waals surface area (Å²) in [6.07, 6.45) is -1.59. The summed E-state index contributed by atoms with van der Waals surface area (Å²) in [6, 6.07) is 19.0. The topological polar surface area (TPSA) is 131 Å². The number of esters is 1. The molecule has 0 unspecified atom stereocenters. The Bertz CT molecular complexity index is 1290. The number of para-hydroxylation sites is 2. The summed E-state index contributed by atoms with van der Waals surface area (Å²) < 4.78 is 9.48. The Morgan fingerprint density at radius 2 is 1.56 bits per heavy atom. The first-order valence-corrected chi connectivity index (χ1v) is 11.2. The highest BCUT2D eigenvalue weighted by atomic mass is 35.5. The van der Waals surface area contributed by atoms with Crippen LogP contribution in [0.3, 0.4) is 0 Å². The predicted octanol–water partition coefficient (Wildman–Crippen LogP) is 5.54. The molecule has 0 heterocycles. The van der Waals surface area contributed by atoms with Gasteiger partial charge in [0, 0.05) is 16.8 Å². The Balaban J connectivity index is 1.62. The number of carboxylic acid groups (broad SMARTS) is 1. The number of carboxylic acids is 1. The van der Waals surface area contributed by atoms with E-state index < -0.39 is 24.8 Å². The molecule has 0 aliphatic rings. The van der Waals surface area contributed by atoms with Crippen molar-refractivity contribution in [1.82, 2.24) is 0 Å². The second kappa shape index (κ2) is 12.4.